The Kier molecular flexibility index (Phi) is 6.40. The molecule has 2 aliphatic rings. The lowest BCUT2D eigenvalue weighted by Gasteiger charge is -2.35. The highest BCUT2D eigenvalue weighted by Gasteiger charge is 2.34. The Morgan fingerprint density at radius 3 is 2.60 bits per heavy atom. The highest BCUT2D eigenvalue weighted by molar-refractivity contribution is 5.98. The van der Waals surface area contributed by atoms with Crippen LogP contribution in [0.15, 0.2) is 60.8 Å². The zero-order valence-electron chi connectivity index (χ0n) is 22.2. The van der Waals surface area contributed by atoms with Crippen LogP contribution in [0.25, 0.3) is 22.2 Å². The zero-order chi connectivity index (χ0) is 29.0. The first-order valence-electron chi connectivity index (χ1n) is 13.3. The van der Waals surface area contributed by atoms with E-state index in [-0.39, 0.29) is 35.5 Å². The summed E-state index contributed by atoms with van der Waals surface area (Å²) in [4.78, 5) is 27.8. The van der Waals surface area contributed by atoms with Gasteiger partial charge in [0, 0.05) is 35.0 Å². The van der Waals surface area contributed by atoms with Crippen LogP contribution in [0.3, 0.4) is 0 Å². The number of carbonyl (C=O) groups excluding carboxylic acids is 1. The number of aromatic nitrogens is 3. The van der Waals surface area contributed by atoms with E-state index in [4.69, 9.17) is 15.2 Å². The van der Waals surface area contributed by atoms with Crippen molar-refractivity contribution in [2.75, 3.05) is 12.3 Å². The number of carbonyl (C=O) groups is 1. The molecule has 3 aromatic heterocycles. The predicted octanol–water partition coefficient (Wildman–Crippen LogP) is 5.57. The number of fused-ring (bicyclic) bond motifs is 4. The minimum Gasteiger partial charge on any atom is -0.383 e. The molecular weight excluding hydrogens is 547 g/mol. The lowest BCUT2D eigenvalue weighted by Crippen LogP contribution is -2.39. The van der Waals surface area contributed by atoms with Gasteiger partial charge in [-0.25, -0.2) is 18.2 Å². The number of pyridine rings is 2. The summed E-state index contributed by atoms with van der Waals surface area (Å²) in [6.45, 7) is 0.989. The number of amides is 1. The maximum absolute atomic E-state index is 15.6. The van der Waals surface area contributed by atoms with Gasteiger partial charge in [0.1, 0.15) is 29.0 Å². The molecule has 42 heavy (non-hydrogen) atoms. The van der Waals surface area contributed by atoms with Crippen molar-refractivity contribution in [2.24, 2.45) is 0 Å². The molecule has 0 saturated carbocycles. The summed E-state index contributed by atoms with van der Waals surface area (Å²) < 4.78 is 55.7. The Labute approximate surface area is 237 Å². The fraction of sp³-hybridized carbons (Fsp3) is 0.194. The van der Waals surface area contributed by atoms with Crippen LogP contribution >= 0.6 is 0 Å². The lowest BCUT2D eigenvalue weighted by atomic mass is 10.00. The molecule has 2 aliphatic heterocycles. The second kappa shape index (κ2) is 10.3. The molecule has 0 saturated heterocycles. The van der Waals surface area contributed by atoms with Crippen LogP contribution < -0.4 is 5.73 Å². The smallest absolute Gasteiger partial charge is 0.271 e. The number of benzene rings is 2. The number of nitrogens with two attached hydrogens (primary N) is 1. The predicted molar refractivity (Wildman–Crippen MR) is 147 cm³/mol. The van der Waals surface area contributed by atoms with E-state index in [0.717, 1.165) is 34.9 Å². The van der Waals surface area contributed by atoms with Gasteiger partial charge in [-0.15, -0.1) is 0 Å². The number of ether oxygens (including phenoxy) is 2. The number of H-pyrrole nitrogens is 1. The zero-order valence-corrected chi connectivity index (χ0v) is 22.2. The van der Waals surface area contributed by atoms with Crippen molar-refractivity contribution in [3.05, 3.63) is 112 Å². The molecule has 5 heterocycles. The highest BCUT2D eigenvalue weighted by Crippen LogP contribution is 2.35. The van der Waals surface area contributed by atoms with Gasteiger partial charge >= 0.3 is 0 Å². The summed E-state index contributed by atoms with van der Waals surface area (Å²) >= 11 is 0. The minimum absolute atomic E-state index is 0.0492. The molecule has 5 aromatic rings. The van der Waals surface area contributed by atoms with Gasteiger partial charge in [-0.05, 0) is 35.9 Å². The first kappa shape index (κ1) is 26.2. The number of nitrogens with one attached hydrogen (secondary N) is 1. The Balaban J connectivity index is 1.30. The van der Waals surface area contributed by atoms with Crippen LogP contribution in [0.1, 0.15) is 44.5 Å². The van der Waals surface area contributed by atoms with Crippen molar-refractivity contribution in [2.45, 2.75) is 32.4 Å². The quantitative estimate of drug-likeness (QED) is 0.286. The van der Waals surface area contributed by atoms with Crippen molar-refractivity contribution >= 4 is 22.8 Å². The minimum atomic E-state index is -0.800. The van der Waals surface area contributed by atoms with Crippen molar-refractivity contribution in [1.82, 2.24) is 19.9 Å². The van der Waals surface area contributed by atoms with Gasteiger partial charge in [0.15, 0.2) is 0 Å². The van der Waals surface area contributed by atoms with E-state index in [1.165, 1.54) is 23.1 Å². The van der Waals surface area contributed by atoms with Crippen LogP contribution in [0, 0.1) is 17.5 Å². The van der Waals surface area contributed by atoms with Gasteiger partial charge < -0.3 is 25.1 Å². The van der Waals surface area contributed by atoms with E-state index in [9.17, 15) is 13.6 Å². The molecule has 11 heteroatoms. The molecule has 0 spiro atoms. The number of nitrogen functional groups attached to an aromatic ring is 1. The van der Waals surface area contributed by atoms with Crippen molar-refractivity contribution in [3.63, 3.8) is 0 Å². The number of halogens is 3. The molecule has 1 amide bonds. The molecule has 1 atom stereocenters. The molecule has 7 rings (SSSR count). The Bertz CT molecular complexity index is 1850. The molecule has 0 bridgehead atoms. The number of rotatable bonds is 5. The topological polar surface area (TPSA) is 106 Å². The molecule has 0 aliphatic carbocycles. The average Bonchev–Trinajstić information content (AvgIpc) is 3.64. The van der Waals surface area contributed by atoms with Crippen LogP contribution in [0.2, 0.25) is 0 Å². The van der Waals surface area contributed by atoms with Crippen LogP contribution in [0.5, 0.6) is 0 Å². The normalized spacial score (nSPS) is 15.9. The maximum Gasteiger partial charge on any atom is 0.271 e. The van der Waals surface area contributed by atoms with Crippen LogP contribution in [-0.4, -0.2) is 32.4 Å². The summed E-state index contributed by atoms with van der Waals surface area (Å²) in [7, 11) is 0. The lowest BCUT2D eigenvalue weighted by molar-refractivity contribution is 0.0222. The molecule has 212 valence electrons. The summed E-state index contributed by atoms with van der Waals surface area (Å²) in [5.41, 5.74) is 10.5. The number of hydrogen-bond acceptors (Lipinski definition) is 6. The first-order valence-corrected chi connectivity index (χ1v) is 13.3. The number of aromatic amines is 1. The largest absolute Gasteiger partial charge is 0.383 e. The molecule has 8 nitrogen and oxygen atoms in total. The van der Waals surface area contributed by atoms with Gasteiger partial charge in [0.2, 0.25) is 0 Å². The van der Waals surface area contributed by atoms with E-state index in [1.807, 2.05) is 6.07 Å². The van der Waals surface area contributed by atoms with Gasteiger partial charge in [-0.2, -0.15) is 0 Å². The third-order valence-corrected chi connectivity index (χ3v) is 7.79. The summed E-state index contributed by atoms with van der Waals surface area (Å²) in [6.07, 6.45) is 1.64. The van der Waals surface area contributed by atoms with E-state index in [2.05, 4.69) is 15.0 Å². The average molecular weight is 572 g/mol. The Hall–Kier alpha value is -4.74. The maximum atomic E-state index is 15.6. The number of hydrogen-bond donors (Lipinski definition) is 2. The van der Waals surface area contributed by atoms with E-state index < -0.39 is 29.4 Å². The van der Waals surface area contributed by atoms with Crippen LogP contribution in [0.4, 0.5) is 19.0 Å². The van der Waals surface area contributed by atoms with Gasteiger partial charge in [0.05, 0.1) is 54.8 Å². The third kappa shape index (κ3) is 4.38. The number of anilines is 1. The van der Waals surface area contributed by atoms with Crippen molar-refractivity contribution in [1.29, 1.82) is 0 Å². The van der Waals surface area contributed by atoms with Crippen molar-refractivity contribution < 1.29 is 27.4 Å². The molecule has 2 aromatic carbocycles. The molecular formula is C31H24F3N5O3. The first-order chi connectivity index (χ1) is 20.4. The van der Waals surface area contributed by atoms with E-state index >= 15 is 4.39 Å². The fourth-order valence-corrected chi connectivity index (χ4v) is 5.69. The molecule has 0 unspecified atom stereocenters. The molecule has 0 fully saturated rings. The van der Waals surface area contributed by atoms with Gasteiger partial charge in [-0.1, -0.05) is 24.3 Å². The molecule has 3 N–H and O–H groups in total. The van der Waals surface area contributed by atoms with Crippen molar-refractivity contribution in [3.8, 4) is 11.1 Å². The summed E-state index contributed by atoms with van der Waals surface area (Å²) in [6, 6.07) is 12.0. The van der Waals surface area contributed by atoms with Crippen LogP contribution in [-0.2, 0) is 35.8 Å². The second-order valence-electron chi connectivity index (χ2n) is 10.3. The standard InChI is InChI=1S/C31H24F3N5O3/c32-21-4-1-5-22(33)27(21)16-6-7-17(23(34)9-16)11-39(26-15-41-12-18-3-2-8-36-28(18)26)31(40)25-10-24-29(37-25)19-13-42-14-20(19)30(35)38-24/h1-10,26,37H,11-15H2,(H2,35,38)/t26-/m1/s1. The Morgan fingerprint density at radius 1 is 0.976 bits per heavy atom. The van der Waals surface area contributed by atoms with Gasteiger partial charge in [-0.3, -0.25) is 9.78 Å². The highest BCUT2D eigenvalue weighted by atomic mass is 19.1. The fourth-order valence-electron chi connectivity index (χ4n) is 5.69. The summed E-state index contributed by atoms with van der Waals surface area (Å²) in [5, 5.41) is 0. The second-order valence-corrected chi connectivity index (χ2v) is 10.3. The third-order valence-electron chi connectivity index (χ3n) is 7.79. The number of nitrogens with zero attached hydrogens (tertiary/aromatic N) is 3. The van der Waals surface area contributed by atoms with E-state index in [1.54, 1.807) is 18.3 Å². The van der Waals surface area contributed by atoms with Gasteiger partial charge in [0.25, 0.3) is 5.91 Å². The SMILES string of the molecule is Nc1nc2cc(C(=O)N(Cc3ccc(-c4c(F)cccc4F)cc3F)[C@@H]3COCc4cccnc43)[nH]c2c2c1COC2. The monoisotopic (exact) mass is 571 g/mol. The molecule has 0 radical (unpaired) electrons. The van der Waals surface area contributed by atoms with E-state index in [0.29, 0.717) is 42.4 Å². The summed E-state index contributed by atoms with van der Waals surface area (Å²) in [5.74, 6) is -2.41. The Morgan fingerprint density at radius 2 is 1.79 bits per heavy atom.